The second-order valence-corrected chi connectivity index (χ2v) is 11.0. The first-order chi connectivity index (χ1) is 18.2. The summed E-state index contributed by atoms with van der Waals surface area (Å²) in [6.45, 7) is 6.34. The van der Waals surface area contributed by atoms with Gasteiger partial charge in [-0.2, -0.15) is 0 Å². The number of halogens is 1. The van der Waals surface area contributed by atoms with Gasteiger partial charge in [0.25, 0.3) is 11.8 Å². The number of fused-ring (bicyclic) bond motifs is 1. The smallest absolute Gasteiger partial charge is 0.330 e. The van der Waals surface area contributed by atoms with Gasteiger partial charge in [0.1, 0.15) is 0 Å². The van der Waals surface area contributed by atoms with Crippen molar-refractivity contribution in [1.82, 2.24) is 15.4 Å². The van der Waals surface area contributed by atoms with Crippen LogP contribution in [-0.4, -0.2) is 47.0 Å². The van der Waals surface area contributed by atoms with E-state index < -0.39 is 11.3 Å². The largest absolute Gasteiger partial charge is 0.367 e. The first-order valence-electron chi connectivity index (χ1n) is 12.8. The van der Waals surface area contributed by atoms with Gasteiger partial charge in [-0.25, -0.2) is 9.78 Å². The second kappa shape index (κ2) is 12.0. The van der Waals surface area contributed by atoms with E-state index in [1.807, 2.05) is 51.1 Å². The van der Waals surface area contributed by atoms with E-state index in [1.54, 1.807) is 23.3 Å². The van der Waals surface area contributed by atoms with E-state index in [1.165, 1.54) is 6.20 Å². The van der Waals surface area contributed by atoms with Crippen molar-refractivity contribution in [2.75, 3.05) is 18.4 Å². The van der Waals surface area contributed by atoms with Crippen molar-refractivity contribution in [1.29, 1.82) is 0 Å². The van der Waals surface area contributed by atoms with Crippen molar-refractivity contribution < 1.29 is 19.2 Å². The molecule has 1 aromatic heterocycles. The molecule has 38 heavy (non-hydrogen) atoms. The van der Waals surface area contributed by atoms with Crippen LogP contribution >= 0.6 is 15.9 Å². The topological polar surface area (TPSA) is 101 Å². The summed E-state index contributed by atoms with van der Waals surface area (Å²) >= 11 is 3.51. The van der Waals surface area contributed by atoms with E-state index in [0.717, 1.165) is 35.6 Å². The Kier molecular flexibility index (Phi) is 8.79. The van der Waals surface area contributed by atoms with Crippen molar-refractivity contribution in [3.63, 3.8) is 0 Å². The van der Waals surface area contributed by atoms with E-state index in [-0.39, 0.29) is 23.6 Å². The number of carbonyl (C=O) groups excluding carboxylic acids is 3. The molecule has 2 aromatic carbocycles. The van der Waals surface area contributed by atoms with Crippen LogP contribution in [0.2, 0.25) is 0 Å². The van der Waals surface area contributed by atoms with Gasteiger partial charge in [0.2, 0.25) is 0 Å². The van der Waals surface area contributed by atoms with Gasteiger partial charge in [-0.15, -0.1) is 5.06 Å². The van der Waals surface area contributed by atoms with Crippen LogP contribution in [0.4, 0.5) is 5.69 Å². The molecule has 0 spiro atoms. The van der Waals surface area contributed by atoms with Crippen molar-refractivity contribution in [2.45, 2.75) is 51.4 Å². The summed E-state index contributed by atoms with van der Waals surface area (Å²) in [7, 11) is 0. The minimum atomic E-state index is -0.619. The highest BCUT2D eigenvalue weighted by atomic mass is 79.9. The SMILES string of the molecule is CC(C)(C)C(=O)ON1CCCCC1CNC(=O)c1ncccc1NC(=O)c1ccc(CBr)c2ccccc12. The Morgan fingerprint density at radius 2 is 1.79 bits per heavy atom. The number of rotatable bonds is 7. The number of anilines is 1. The number of nitrogens with one attached hydrogen (secondary N) is 2. The van der Waals surface area contributed by atoms with Crippen LogP contribution in [-0.2, 0) is 15.0 Å². The van der Waals surface area contributed by atoms with Gasteiger partial charge in [-0.05, 0) is 68.1 Å². The molecule has 1 aliphatic heterocycles. The molecule has 2 heterocycles. The zero-order chi connectivity index (χ0) is 27.3. The average molecular weight is 582 g/mol. The summed E-state index contributed by atoms with van der Waals surface area (Å²) in [5.41, 5.74) is 1.42. The maximum absolute atomic E-state index is 13.3. The fraction of sp³-hybridized carbons (Fsp3) is 0.379. The fourth-order valence-corrected chi connectivity index (χ4v) is 4.88. The Bertz CT molecular complexity index is 1340. The molecular weight excluding hydrogens is 548 g/mol. The van der Waals surface area contributed by atoms with Gasteiger partial charge in [0.05, 0.1) is 17.1 Å². The van der Waals surface area contributed by atoms with Gasteiger partial charge in [0, 0.05) is 30.2 Å². The summed E-state index contributed by atoms with van der Waals surface area (Å²) in [5.74, 6) is -1.04. The minimum absolute atomic E-state index is 0.122. The van der Waals surface area contributed by atoms with Crippen LogP contribution in [0.5, 0.6) is 0 Å². The number of hydrogen-bond acceptors (Lipinski definition) is 6. The molecule has 4 rings (SSSR count). The summed E-state index contributed by atoms with van der Waals surface area (Å²) in [4.78, 5) is 48.8. The summed E-state index contributed by atoms with van der Waals surface area (Å²) in [6, 6.07) is 14.6. The Morgan fingerprint density at radius 1 is 1.03 bits per heavy atom. The quantitative estimate of drug-likeness (QED) is 0.359. The molecule has 200 valence electrons. The number of piperidine rings is 1. The number of hydroxylamine groups is 2. The molecule has 1 atom stereocenters. The number of nitrogens with zero attached hydrogens (tertiary/aromatic N) is 2. The normalized spacial score (nSPS) is 16.2. The van der Waals surface area contributed by atoms with Gasteiger partial charge in [0.15, 0.2) is 5.69 Å². The zero-order valence-electron chi connectivity index (χ0n) is 21.9. The van der Waals surface area contributed by atoms with Crippen LogP contribution in [0.25, 0.3) is 10.8 Å². The third-order valence-electron chi connectivity index (χ3n) is 6.56. The zero-order valence-corrected chi connectivity index (χ0v) is 23.5. The molecule has 0 bridgehead atoms. The molecule has 2 amide bonds. The van der Waals surface area contributed by atoms with E-state index >= 15 is 0 Å². The Balaban J connectivity index is 1.47. The van der Waals surface area contributed by atoms with Gasteiger partial charge in [-0.1, -0.05) is 52.7 Å². The van der Waals surface area contributed by atoms with E-state index in [9.17, 15) is 14.4 Å². The molecule has 0 radical (unpaired) electrons. The average Bonchev–Trinajstić information content (AvgIpc) is 2.91. The molecule has 3 aromatic rings. The number of pyridine rings is 1. The first kappa shape index (κ1) is 27.7. The predicted molar refractivity (Wildman–Crippen MR) is 151 cm³/mol. The van der Waals surface area contributed by atoms with E-state index in [0.29, 0.717) is 29.7 Å². The third kappa shape index (κ3) is 6.39. The Morgan fingerprint density at radius 3 is 2.53 bits per heavy atom. The number of aromatic nitrogens is 1. The third-order valence-corrected chi connectivity index (χ3v) is 7.16. The molecular formula is C29H33BrN4O4. The lowest BCUT2D eigenvalue weighted by atomic mass is 9.97. The lowest BCUT2D eigenvalue weighted by molar-refractivity contribution is -0.216. The lowest BCUT2D eigenvalue weighted by Gasteiger charge is -2.35. The molecule has 0 saturated carbocycles. The highest BCUT2D eigenvalue weighted by Gasteiger charge is 2.31. The van der Waals surface area contributed by atoms with E-state index in [2.05, 4.69) is 31.5 Å². The highest BCUT2D eigenvalue weighted by Crippen LogP contribution is 2.26. The van der Waals surface area contributed by atoms with E-state index in [4.69, 9.17) is 4.84 Å². The van der Waals surface area contributed by atoms with Crippen LogP contribution in [0.3, 0.4) is 0 Å². The second-order valence-electron chi connectivity index (χ2n) is 10.4. The number of carbonyl (C=O) groups is 3. The molecule has 1 fully saturated rings. The Labute approximate surface area is 231 Å². The number of alkyl halides is 1. The number of hydrogen-bond donors (Lipinski definition) is 2. The molecule has 9 heteroatoms. The van der Waals surface area contributed by atoms with Crippen molar-refractivity contribution in [2.24, 2.45) is 5.41 Å². The van der Waals surface area contributed by atoms with Crippen molar-refractivity contribution >= 4 is 50.2 Å². The monoisotopic (exact) mass is 580 g/mol. The molecule has 8 nitrogen and oxygen atoms in total. The summed E-state index contributed by atoms with van der Waals surface area (Å²) in [6.07, 6.45) is 4.21. The molecule has 2 N–H and O–H groups in total. The summed E-state index contributed by atoms with van der Waals surface area (Å²) in [5, 5.41) is 9.97. The van der Waals surface area contributed by atoms with Gasteiger partial charge in [-0.3, -0.25) is 9.59 Å². The lowest BCUT2D eigenvalue weighted by Crippen LogP contribution is -2.48. The van der Waals surface area contributed by atoms with Crippen LogP contribution in [0.1, 0.15) is 66.4 Å². The van der Waals surface area contributed by atoms with Gasteiger partial charge < -0.3 is 15.5 Å². The van der Waals surface area contributed by atoms with Crippen molar-refractivity contribution in [3.8, 4) is 0 Å². The number of benzene rings is 2. The minimum Gasteiger partial charge on any atom is -0.367 e. The van der Waals surface area contributed by atoms with Crippen molar-refractivity contribution in [3.05, 3.63) is 71.5 Å². The molecule has 1 unspecified atom stereocenters. The fourth-order valence-electron chi connectivity index (χ4n) is 4.39. The maximum atomic E-state index is 13.3. The molecule has 1 saturated heterocycles. The maximum Gasteiger partial charge on any atom is 0.330 e. The Hall–Kier alpha value is -3.30. The standard InChI is InChI=1S/C29H33BrN4O4/c1-29(2,3)28(37)38-34-16-7-6-9-20(34)18-32-27(36)25-24(12-8-15-31-25)33-26(35)23-14-13-19(17-30)21-10-4-5-11-22(21)23/h4-5,8,10-15,20H,6-7,9,16-18H2,1-3H3,(H,32,36)(H,33,35). The summed E-state index contributed by atoms with van der Waals surface area (Å²) < 4.78 is 0. The van der Waals surface area contributed by atoms with Crippen LogP contribution in [0.15, 0.2) is 54.7 Å². The predicted octanol–water partition coefficient (Wildman–Crippen LogP) is 5.47. The van der Waals surface area contributed by atoms with Crippen LogP contribution < -0.4 is 10.6 Å². The van der Waals surface area contributed by atoms with Crippen LogP contribution in [0, 0.1) is 5.41 Å². The molecule has 1 aliphatic rings. The van der Waals surface area contributed by atoms with Gasteiger partial charge >= 0.3 is 5.97 Å². The highest BCUT2D eigenvalue weighted by molar-refractivity contribution is 9.08. The number of amides is 2. The molecule has 0 aliphatic carbocycles. The first-order valence-corrected chi connectivity index (χ1v) is 13.9.